The van der Waals surface area contributed by atoms with Crippen LogP contribution in [-0.4, -0.2) is 61.2 Å². The first-order chi connectivity index (χ1) is 6.94. The summed E-state index contributed by atoms with van der Waals surface area (Å²) >= 11 is 0. The first-order valence-electron chi connectivity index (χ1n) is 5.56. The summed E-state index contributed by atoms with van der Waals surface area (Å²) in [6.07, 6.45) is 3.84. The lowest BCUT2D eigenvalue weighted by atomic mass is 9.78. The minimum absolute atomic E-state index is 0.409. The van der Waals surface area contributed by atoms with Crippen molar-refractivity contribution in [1.82, 2.24) is 9.80 Å². The Hall–Kier alpha value is -0.770. The molecule has 88 valence electrons. The van der Waals surface area contributed by atoms with Gasteiger partial charge in [-0.15, -0.1) is 0 Å². The van der Waals surface area contributed by atoms with Gasteiger partial charge >= 0.3 is 0 Å². The topological polar surface area (TPSA) is 39.1 Å². The maximum atomic E-state index is 9.90. The predicted molar refractivity (Wildman–Crippen MR) is 63.1 cm³/mol. The molecule has 0 saturated heterocycles. The first kappa shape index (κ1) is 12.3. The summed E-state index contributed by atoms with van der Waals surface area (Å²) in [6, 6.07) is 0. The van der Waals surface area contributed by atoms with Crippen molar-refractivity contribution in [3.8, 4) is 0 Å². The van der Waals surface area contributed by atoms with Gasteiger partial charge in [-0.2, -0.15) is 0 Å². The largest absolute Gasteiger partial charge is 0.390 e. The summed E-state index contributed by atoms with van der Waals surface area (Å²) in [5.41, 5.74) is -0.409. The van der Waals surface area contributed by atoms with E-state index in [1.165, 1.54) is 0 Å². The molecule has 1 N–H and O–H groups in total. The Labute approximate surface area is 92.6 Å². The van der Waals surface area contributed by atoms with E-state index in [0.29, 0.717) is 6.54 Å². The SMILES string of the molecule is CN(C)C(=NCCC1(O)CCC1)N(C)C. The molecule has 1 aliphatic rings. The fourth-order valence-electron chi connectivity index (χ4n) is 1.88. The summed E-state index contributed by atoms with van der Waals surface area (Å²) in [5.74, 6) is 0.956. The second kappa shape index (κ2) is 4.84. The smallest absolute Gasteiger partial charge is 0.195 e. The zero-order valence-corrected chi connectivity index (χ0v) is 10.3. The van der Waals surface area contributed by atoms with Gasteiger partial charge in [-0.05, 0) is 25.7 Å². The van der Waals surface area contributed by atoms with E-state index >= 15 is 0 Å². The quantitative estimate of drug-likeness (QED) is 0.556. The van der Waals surface area contributed by atoms with Crippen molar-refractivity contribution in [1.29, 1.82) is 0 Å². The fraction of sp³-hybridized carbons (Fsp3) is 0.909. The number of rotatable bonds is 3. The zero-order chi connectivity index (χ0) is 11.5. The van der Waals surface area contributed by atoms with Gasteiger partial charge in [0.25, 0.3) is 0 Å². The second-order valence-electron chi connectivity index (χ2n) is 4.80. The molecule has 0 radical (unpaired) electrons. The third-order valence-corrected chi connectivity index (χ3v) is 2.91. The van der Waals surface area contributed by atoms with E-state index in [1.807, 2.05) is 38.0 Å². The number of aliphatic imine (C=N–C) groups is 1. The highest BCUT2D eigenvalue weighted by molar-refractivity contribution is 5.79. The number of nitrogens with zero attached hydrogens (tertiary/aromatic N) is 3. The summed E-state index contributed by atoms with van der Waals surface area (Å²) < 4.78 is 0. The molecule has 4 heteroatoms. The molecular formula is C11H23N3O. The third-order valence-electron chi connectivity index (χ3n) is 2.91. The van der Waals surface area contributed by atoms with Gasteiger partial charge < -0.3 is 14.9 Å². The highest BCUT2D eigenvalue weighted by Gasteiger charge is 2.33. The van der Waals surface area contributed by atoms with Crippen LogP contribution in [0.4, 0.5) is 0 Å². The van der Waals surface area contributed by atoms with Crippen LogP contribution in [0.15, 0.2) is 4.99 Å². The lowest BCUT2D eigenvalue weighted by Crippen LogP contribution is -2.39. The normalized spacial score (nSPS) is 17.9. The second-order valence-corrected chi connectivity index (χ2v) is 4.80. The van der Waals surface area contributed by atoms with Gasteiger partial charge in [0.1, 0.15) is 0 Å². The standard InChI is InChI=1S/C11H23N3O/c1-13(2)10(14(3)4)12-9-8-11(15)6-5-7-11/h15H,5-9H2,1-4H3. The maximum Gasteiger partial charge on any atom is 0.195 e. The Morgan fingerprint density at radius 3 is 2.07 bits per heavy atom. The van der Waals surface area contributed by atoms with E-state index in [9.17, 15) is 5.11 Å². The van der Waals surface area contributed by atoms with Crippen molar-refractivity contribution >= 4 is 5.96 Å². The Balaban J connectivity index is 2.40. The van der Waals surface area contributed by atoms with Crippen LogP contribution in [-0.2, 0) is 0 Å². The molecule has 4 nitrogen and oxygen atoms in total. The number of aliphatic hydroxyl groups is 1. The van der Waals surface area contributed by atoms with Crippen LogP contribution in [0, 0.1) is 0 Å². The van der Waals surface area contributed by atoms with Gasteiger partial charge in [0.05, 0.1) is 5.60 Å². The average molecular weight is 213 g/mol. The number of guanidine groups is 1. The average Bonchev–Trinajstić information content (AvgIpc) is 2.08. The van der Waals surface area contributed by atoms with Gasteiger partial charge in [0, 0.05) is 34.7 Å². The van der Waals surface area contributed by atoms with Crippen molar-refractivity contribution in [2.24, 2.45) is 4.99 Å². The van der Waals surface area contributed by atoms with E-state index in [4.69, 9.17) is 0 Å². The molecule has 0 unspecified atom stereocenters. The summed E-state index contributed by atoms with van der Waals surface area (Å²) in [7, 11) is 7.93. The molecule has 0 heterocycles. The summed E-state index contributed by atoms with van der Waals surface area (Å²) in [6.45, 7) is 0.711. The highest BCUT2D eigenvalue weighted by atomic mass is 16.3. The monoisotopic (exact) mass is 213 g/mol. The zero-order valence-electron chi connectivity index (χ0n) is 10.3. The Morgan fingerprint density at radius 2 is 1.73 bits per heavy atom. The fourth-order valence-corrected chi connectivity index (χ4v) is 1.88. The van der Waals surface area contributed by atoms with Crippen LogP contribution < -0.4 is 0 Å². The van der Waals surface area contributed by atoms with E-state index in [1.54, 1.807) is 0 Å². The summed E-state index contributed by atoms with van der Waals surface area (Å²) in [4.78, 5) is 8.48. The van der Waals surface area contributed by atoms with Gasteiger partial charge in [0.15, 0.2) is 5.96 Å². The van der Waals surface area contributed by atoms with Crippen molar-refractivity contribution < 1.29 is 5.11 Å². The Morgan fingerprint density at radius 1 is 1.20 bits per heavy atom. The molecule has 1 fully saturated rings. The molecular weight excluding hydrogens is 190 g/mol. The molecule has 15 heavy (non-hydrogen) atoms. The van der Waals surface area contributed by atoms with E-state index < -0.39 is 5.60 Å². The highest BCUT2D eigenvalue weighted by Crippen LogP contribution is 2.34. The molecule has 0 aromatic rings. The van der Waals surface area contributed by atoms with Crippen LogP contribution >= 0.6 is 0 Å². The van der Waals surface area contributed by atoms with Crippen molar-refractivity contribution in [3.63, 3.8) is 0 Å². The molecule has 1 aliphatic carbocycles. The van der Waals surface area contributed by atoms with Crippen molar-refractivity contribution in [2.75, 3.05) is 34.7 Å². The lowest BCUT2D eigenvalue weighted by Gasteiger charge is -2.36. The first-order valence-corrected chi connectivity index (χ1v) is 5.56. The molecule has 0 bridgehead atoms. The molecule has 0 aliphatic heterocycles. The van der Waals surface area contributed by atoms with Crippen molar-refractivity contribution in [3.05, 3.63) is 0 Å². The molecule has 0 aromatic carbocycles. The van der Waals surface area contributed by atoms with Crippen LogP contribution in [0.3, 0.4) is 0 Å². The van der Waals surface area contributed by atoms with Crippen LogP contribution in [0.5, 0.6) is 0 Å². The van der Waals surface area contributed by atoms with Gasteiger partial charge in [-0.25, -0.2) is 0 Å². The minimum Gasteiger partial charge on any atom is -0.390 e. The van der Waals surface area contributed by atoms with Gasteiger partial charge in [-0.3, -0.25) is 4.99 Å². The number of hydrogen-bond donors (Lipinski definition) is 1. The predicted octanol–water partition coefficient (Wildman–Crippen LogP) is 0.771. The van der Waals surface area contributed by atoms with Crippen molar-refractivity contribution in [2.45, 2.75) is 31.3 Å². The molecule has 1 saturated carbocycles. The van der Waals surface area contributed by atoms with Crippen LogP contribution in [0.1, 0.15) is 25.7 Å². The molecule has 0 aromatic heterocycles. The van der Waals surface area contributed by atoms with Gasteiger partial charge in [0.2, 0.25) is 0 Å². The maximum absolute atomic E-state index is 9.90. The van der Waals surface area contributed by atoms with E-state index in [0.717, 1.165) is 31.6 Å². The summed E-state index contributed by atoms with van der Waals surface area (Å²) in [5, 5.41) is 9.90. The molecule has 0 atom stereocenters. The number of hydrogen-bond acceptors (Lipinski definition) is 2. The Kier molecular flexibility index (Phi) is 3.97. The van der Waals surface area contributed by atoms with Crippen LogP contribution in [0.25, 0.3) is 0 Å². The van der Waals surface area contributed by atoms with E-state index in [2.05, 4.69) is 4.99 Å². The van der Waals surface area contributed by atoms with Gasteiger partial charge in [-0.1, -0.05) is 0 Å². The van der Waals surface area contributed by atoms with E-state index in [-0.39, 0.29) is 0 Å². The lowest BCUT2D eigenvalue weighted by molar-refractivity contribution is -0.0378. The Bertz CT molecular complexity index is 222. The van der Waals surface area contributed by atoms with Crippen LogP contribution in [0.2, 0.25) is 0 Å². The molecule has 0 spiro atoms. The third kappa shape index (κ3) is 3.38. The molecule has 0 amide bonds. The molecule has 1 rings (SSSR count). The minimum atomic E-state index is -0.409.